The molecule has 0 amide bonds. The maximum Gasteiger partial charge on any atom is 0.242 e. The Labute approximate surface area is 108 Å². The van der Waals surface area contributed by atoms with E-state index in [2.05, 4.69) is 4.72 Å². The van der Waals surface area contributed by atoms with Gasteiger partial charge in [0.2, 0.25) is 10.0 Å². The number of hydrogen-bond donors (Lipinski definition) is 2. The van der Waals surface area contributed by atoms with Crippen LogP contribution in [0.2, 0.25) is 0 Å². The number of rotatable bonds is 7. The first-order valence-electron chi connectivity index (χ1n) is 5.91. The second-order valence-corrected chi connectivity index (χ2v) is 5.65. The van der Waals surface area contributed by atoms with Gasteiger partial charge in [0, 0.05) is 19.8 Å². The molecule has 0 aliphatic heterocycles. The Balaban J connectivity index is 2.69. The Morgan fingerprint density at radius 2 is 2.11 bits per heavy atom. The molecule has 0 fully saturated rings. The minimum absolute atomic E-state index is 0.168. The maximum absolute atomic E-state index is 12.1. The first-order chi connectivity index (χ1) is 8.49. The maximum atomic E-state index is 12.1. The highest BCUT2D eigenvalue weighted by Crippen LogP contribution is 2.21. The number of nitrogens with one attached hydrogen (secondary N) is 1. The standard InChI is InChI=1S/C12H20N2O3S/c1-3-17-9-5-8-14-18(15,16)12-10(2)6-4-7-11(12)13/h4,6-7,14H,3,5,8-9,13H2,1-2H3. The van der Waals surface area contributed by atoms with Gasteiger partial charge in [0.1, 0.15) is 4.90 Å². The summed E-state index contributed by atoms with van der Waals surface area (Å²) in [7, 11) is -3.54. The van der Waals surface area contributed by atoms with Crippen LogP contribution in [0.1, 0.15) is 18.9 Å². The zero-order valence-corrected chi connectivity index (χ0v) is 11.6. The van der Waals surface area contributed by atoms with Crippen LogP contribution in [0.15, 0.2) is 23.1 Å². The largest absolute Gasteiger partial charge is 0.398 e. The van der Waals surface area contributed by atoms with Crippen LogP contribution in [0.4, 0.5) is 5.69 Å². The molecule has 1 aromatic carbocycles. The Morgan fingerprint density at radius 3 is 2.72 bits per heavy atom. The van der Waals surface area contributed by atoms with Crippen LogP contribution in [0.5, 0.6) is 0 Å². The molecule has 0 saturated heterocycles. The fourth-order valence-corrected chi connectivity index (χ4v) is 3.07. The molecule has 5 nitrogen and oxygen atoms in total. The second-order valence-electron chi connectivity index (χ2n) is 3.94. The molecule has 0 atom stereocenters. The molecular weight excluding hydrogens is 252 g/mol. The van der Waals surface area contributed by atoms with Gasteiger partial charge in [-0.05, 0) is 31.9 Å². The van der Waals surface area contributed by atoms with Crippen molar-refractivity contribution in [3.05, 3.63) is 23.8 Å². The van der Waals surface area contributed by atoms with Gasteiger partial charge < -0.3 is 10.5 Å². The fraction of sp³-hybridized carbons (Fsp3) is 0.500. The summed E-state index contributed by atoms with van der Waals surface area (Å²) in [4.78, 5) is 0.168. The molecule has 1 aromatic rings. The first kappa shape index (κ1) is 14.9. The summed E-state index contributed by atoms with van der Waals surface area (Å²) >= 11 is 0. The zero-order chi connectivity index (χ0) is 13.6. The van der Waals surface area contributed by atoms with E-state index in [1.807, 2.05) is 6.92 Å². The third-order valence-electron chi connectivity index (χ3n) is 2.47. The van der Waals surface area contributed by atoms with Crippen molar-refractivity contribution in [1.29, 1.82) is 0 Å². The molecule has 0 heterocycles. The average molecular weight is 272 g/mol. The van der Waals surface area contributed by atoms with Crippen molar-refractivity contribution >= 4 is 15.7 Å². The predicted molar refractivity (Wildman–Crippen MR) is 71.9 cm³/mol. The summed E-state index contributed by atoms with van der Waals surface area (Å²) < 4.78 is 31.8. The molecule has 0 unspecified atom stereocenters. The molecule has 3 N–H and O–H groups in total. The number of nitrogens with two attached hydrogens (primary N) is 1. The van der Waals surface area contributed by atoms with Crippen LogP contribution in [0, 0.1) is 6.92 Å². The van der Waals surface area contributed by atoms with Crippen LogP contribution in [-0.4, -0.2) is 28.2 Å². The number of nitrogen functional groups attached to an aromatic ring is 1. The lowest BCUT2D eigenvalue weighted by Gasteiger charge is -2.11. The number of anilines is 1. The monoisotopic (exact) mass is 272 g/mol. The third-order valence-corrected chi connectivity index (χ3v) is 4.15. The lowest BCUT2D eigenvalue weighted by atomic mass is 10.2. The minimum atomic E-state index is -3.54. The lowest BCUT2D eigenvalue weighted by Crippen LogP contribution is -2.27. The van der Waals surface area contributed by atoms with Gasteiger partial charge in [-0.15, -0.1) is 0 Å². The first-order valence-corrected chi connectivity index (χ1v) is 7.40. The van der Waals surface area contributed by atoms with Crippen molar-refractivity contribution in [3.63, 3.8) is 0 Å². The summed E-state index contributed by atoms with van der Waals surface area (Å²) in [5.74, 6) is 0. The Morgan fingerprint density at radius 1 is 1.39 bits per heavy atom. The van der Waals surface area contributed by atoms with E-state index in [9.17, 15) is 8.42 Å². The minimum Gasteiger partial charge on any atom is -0.398 e. The van der Waals surface area contributed by atoms with E-state index in [0.29, 0.717) is 31.7 Å². The molecule has 0 aliphatic carbocycles. The highest BCUT2D eigenvalue weighted by molar-refractivity contribution is 7.89. The smallest absolute Gasteiger partial charge is 0.242 e. The molecule has 0 saturated carbocycles. The molecule has 0 aliphatic rings. The molecule has 0 radical (unpaired) electrons. The van der Waals surface area contributed by atoms with Gasteiger partial charge in [-0.1, -0.05) is 12.1 Å². The van der Waals surface area contributed by atoms with Crippen molar-refractivity contribution in [2.45, 2.75) is 25.2 Å². The van der Waals surface area contributed by atoms with E-state index in [1.54, 1.807) is 25.1 Å². The predicted octanol–water partition coefficient (Wildman–Crippen LogP) is 1.28. The van der Waals surface area contributed by atoms with Gasteiger partial charge in [0.15, 0.2) is 0 Å². The third kappa shape index (κ3) is 3.97. The van der Waals surface area contributed by atoms with Crippen LogP contribution in [-0.2, 0) is 14.8 Å². The SMILES string of the molecule is CCOCCCNS(=O)(=O)c1c(C)cccc1N. The second kappa shape index (κ2) is 6.72. The number of benzene rings is 1. The average Bonchev–Trinajstić information content (AvgIpc) is 2.28. The van der Waals surface area contributed by atoms with Crippen molar-refractivity contribution < 1.29 is 13.2 Å². The Hall–Kier alpha value is -1.11. The number of hydrogen-bond acceptors (Lipinski definition) is 4. The van der Waals surface area contributed by atoms with E-state index >= 15 is 0 Å². The van der Waals surface area contributed by atoms with Crippen LogP contribution in [0.3, 0.4) is 0 Å². The summed E-state index contributed by atoms with van der Waals surface area (Å²) in [6.07, 6.45) is 0.638. The van der Waals surface area contributed by atoms with Gasteiger partial charge in [-0.3, -0.25) is 0 Å². The molecule has 0 spiro atoms. The van der Waals surface area contributed by atoms with Gasteiger partial charge in [-0.25, -0.2) is 13.1 Å². The molecule has 18 heavy (non-hydrogen) atoms. The summed E-state index contributed by atoms with van der Waals surface area (Å²) in [5, 5.41) is 0. The van der Waals surface area contributed by atoms with Crippen molar-refractivity contribution in [2.75, 3.05) is 25.5 Å². The van der Waals surface area contributed by atoms with Gasteiger partial charge >= 0.3 is 0 Å². The number of aryl methyl sites for hydroxylation is 1. The zero-order valence-electron chi connectivity index (χ0n) is 10.8. The highest BCUT2D eigenvalue weighted by Gasteiger charge is 2.18. The van der Waals surface area contributed by atoms with Crippen LogP contribution < -0.4 is 10.5 Å². The van der Waals surface area contributed by atoms with E-state index in [4.69, 9.17) is 10.5 Å². The molecule has 0 aromatic heterocycles. The summed E-state index contributed by atoms with van der Waals surface area (Å²) in [6.45, 7) is 5.15. The summed E-state index contributed by atoms with van der Waals surface area (Å²) in [6, 6.07) is 5.05. The van der Waals surface area contributed by atoms with Crippen molar-refractivity contribution in [3.8, 4) is 0 Å². The highest BCUT2D eigenvalue weighted by atomic mass is 32.2. The van der Waals surface area contributed by atoms with E-state index in [1.165, 1.54) is 0 Å². The van der Waals surface area contributed by atoms with Crippen molar-refractivity contribution in [2.24, 2.45) is 0 Å². The molecule has 6 heteroatoms. The Bertz CT molecular complexity index is 466. The lowest BCUT2D eigenvalue weighted by molar-refractivity contribution is 0.146. The van der Waals surface area contributed by atoms with E-state index in [0.717, 1.165) is 0 Å². The topological polar surface area (TPSA) is 81.4 Å². The van der Waals surface area contributed by atoms with Crippen LogP contribution >= 0.6 is 0 Å². The molecular formula is C12H20N2O3S. The van der Waals surface area contributed by atoms with Crippen molar-refractivity contribution in [1.82, 2.24) is 4.72 Å². The number of ether oxygens (including phenoxy) is 1. The fourth-order valence-electron chi connectivity index (χ4n) is 1.64. The quantitative estimate of drug-likeness (QED) is 0.579. The van der Waals surface area contributed by atoms with Crippen LogP contribution in [0.25, 0.3) is 0 Å². The normalized spacial score (nSPS) is 11.7. The van der Waals surface area contributed by atoms with Gasteiger partial charge in [-0.2, -0.15) is 0 Å². The van der Waals surface area contributed by atoms with E-state index < -0.39 is 10.0 Å². The van der Waals surface area contributed by atoms with Gasteiger partial charge in [0.05, 0.1) is 5.69 Å². The molecule has 0 bridgehead atoms. The van der Waals surface area contributed by atoms with E-state index in [-0.39, 0.29) is 10.6 Å². The number of sulfonamides is 1. The molecule has 102 valence electrons. The molecule has 1 rings (SSSR count). The van der Waals surface area contributed by atoms with Gasteiger partial charge in [0.25, 0.3) is 0 Å². The summed E-state index contributed by atoms with van der Waals surface area (Å²) in [5.41, 5.74) is 6.63. The Kier molecular flexibility index (Phi) is 5.58.